The van der Waals surface area contributed by atoms with Crippen molar-refractivity contribution in [2.45, 2.75) is 64.7 Å². The number of rotatable bonds is 5. The highest BCUT2D eigenvalue weighted by Crippen LogP contribution is 2.39. The largest absolute Gasteiger partial charge is 0.408 e. The topological polar surface area (TPSA) is 64.3 Å². The van der Waals surface area contributed by atoms with Gasteiger partial charge in [0.25, 0.3) is 0 Å². The van der Waals surface area contributed by atoms with Gasteiger partial charge >= 0.3 is 6.18 Å². The number of nitrogens with one attached hydrogen (secondary N) is 1. The summed E-state index contributed by atoms with van der Waals surface area (Å²) in [6.07, 6.45) is 2.50. The van der Waals surface area contributed by atoms with Gasteiger partial charge in [0.2, 0.25) is 5.92 Å². The van der Waals surface area contributed by atoms with Gasteiger partial charge in [-0.05, 0) is 38.7 Å². The maximum absolute atomic E-state index is 13.7. The van der Waals surface area contributed by atoms with E-state index in [9.17, 15) is 22.0 Å². The Morgan fingerprint density at radius 1 is 1.09 bits per heavy atom. The standard InChI is InChI=1S/C24H25F5N6/c1-14-21(15(2)33-32-14)17-7-20-22(30-8-17)19(18-9-31-35(11-18)13-24(27,28)29)12-34(20)10-16-3-5-23(25,26)6-4-16/h7-9,11-12,16H,3-6,10,13H2,1-2H3,(H,32,33). The Morgan fingerprint density at radius 2 is 1.83 bits per heavy atom. The van der Waals surface area contributed by atoms with Crippen LogP contribution in [0.4, 0.5) is 22.0 Å². The molecular formula is C24H25F5N6. The molecule has 1 saturated carbocycles. The van der Waals surface area contributed by atoms with E-state index >= 15 is 0 Å². The van der Waals surface area contributed by atoms with Gasteiger partial charge in [-0.2, -0.15) is 23.4 Å². The first kappa shape index (κ1) is 23.5. The number of pyridine rings is 1. The second-order valence-corrected chi connectivity index (χ2v) is 9.44. The lowest BCUT2D eigenvalue weighted by atomic mass is 9.87. The third-order valence-corrected chi connectivity index (χ3v) is 6.71. The van der Waals surface area contributed by atoms with E-state index in [-0.39, 0.29) is 18.8 Å². The molecule has 0 radical (unpaired) electrons. The molecule has 0 spiro atoms. The number of aromatic nitrogens is 6. The molecule has 1 aliphatic carbocycles. The minimum atomic E-state index is -4.38. The van der Waals surface area contributed by atoms with Crippen molar-refractivity contribution in [2.24, 2.45) is 5.92 Å². The van der Waals surface area contributed by atoms with Crippen LogP contribution < -0.4 is 0 Å². The molecule has 11 heteroatoms. The van der Waals surface area contributed by atoms with Crippen molar-refractivity contribution in [2.75, 3.05) is 0 Å². The maximum Gasteiger partial charge on any atom is 0.408 e. The van der Waals surface area contributed by atoms with Crippen LogP contribution in [0.5, 0.6) is 0 Å². The van der Waals surface area contributed by atoms with Gasteiger partial charge in [-0.1, -0.05) is 0 Å². The van der Waals surface area contributed by atoms with Gasteiger partial charge in [0.15, 0.2) is 0 Å². The first-order valence-electron chi connectivity index (χ1n) is 11.5. The molecule has 1 aliphatic rings. The molecule has 1 N–H and O–H groups in total. The minimum Gasteiger partial charge on any atom is -0.345 e. The Morgan fingerprint density at radius 3 is 2.49 bits per heavy atom. The number of alkyl halides is 5. The van der Waals surface area contributed by atoms with Crippen molar-refractivity contribution in [1.29, 1.82) is 0 Å². The number of hydrogen-bond acceptors (Lipinski definition) is 3. The van der Waals surface area contributed by atoms with E-state index in [0.717, 1.165) is 32.7 Å². The Kier molecular flexibility index (Phi) is 5.68. The third kappa shape index (κ3) is 4.81. The highest BCUT2D eigenvalue weighted by Gasteiger charge is 2.35. The van der Waals surface area contributed by atoms with Gasteiger partial charge < -0.3 is 4.57 Å². The molecule has 0 amide bonds. The fraction of sp³-hybridized carbons (Fsp3) is 0.458. The summed E-state index contributed by atoms with van der Waals surface area (Å²) in [6.45, 7) is 3.16. The number of fused-ring (bicyclic) bond motifs is 1. The van der Waals surface area contributed by atoms with Crippen molar-refractivity contribution in [3.63, 3.8) is 0 Å². The van der Waals surface area contributed by atoms with Crippen LogP contribution in [-0.2, 0) is 13.1 Å². The zero-order chi connectivity index (χ0) is 25.0. The third-order valence-electron chi connectivity index (χ3n) is 6.71. The van der Waals surface area contributed by atoms with E-state index in [4.69, 9.17) is 0 Å². The van der Waals surface area contributed by atoms with Crippen LogP contribution in [-0.4, -0.2) is 41.6 Å². The first-order chi connectivity index (χ1) is 16.5. The summed E-state index contributed by atoms with van der Waals surface area (Å²) in [5.41, 5.74) is 6.10. The summed E-state index contributed by atoms with van der Waals surface area (Å²) in [6, 6.07) is 1.98. The molecule has 1 fully saturated rings. The fourth-order valence-corrected chi connectivity index (χ4v) is 4.97. The van der Waals surface area contributed by atoms with Gasteiger partial charge in [0.05, 0.1) is 22.9 Å². The molecule has 6 nitrogen and oxygen atoms in total. The number of aromatic amines is 1. The summed E-state index contributed by atoms with van der Waals surface area (Å²) < 4.78 is 68.7. The molecule has 0 bridgehead atoms. The summed E-state index contributed by atoms with van der Waals surface area (Å²) in [5.74, 6) is -2.54. The summed E-state index contributed by atoms with van der Waals surface area (Å²) in [4.78, 5) is 4.67. The second-order valence-electron chi connectivity index (χ2n) is 9.44. The zero-order valence-electron chi connectivity index (χ0n) is 19.3. The van der Waals surface area contributed by atoms with E-state index in [1.165, 1.54) is 12.4 Å². The van der Waals surface area contributed by atoms with Crippen LogP contribution in [0.1, 0.15) is 37.1 Å². The molecule has 4 heterocycles. The van der Waals surface area contributed by atoms with E-state index in [1.54, 1.807) is 6.20 Å². The monoisotopic (exact) mass is 492 g/mol. The Balaban J connectivity index is 1.56. The molecule has 5 rings (SSSR count). The summed E-state index contributed by atoms with van der Waals surface area (Å²) in [5, 5.41) is 11.1. The van der Waals surface area contributed by atoms with Crippen LogP contribution in [0.3, 0.4) is 0 Å². The summed E-state index contributed by atoms with van der Waals surface area (Å²) >= 11 is 0. The average Bonchev–Trinajstić information content (AvgIpc) is 3.46. The smallest absolute Gasteiger partial charge is 0.345 e. The first-order valence-corrected chi connectivity index (χ1v) is 11.5. The van der Waals surface area contributed by atoms with Gasteiger partial charge in [-0.3, -0.25) is 14.8 Å². The van der Waals surface area contributed by atoms with Gasteiger partial charge in [0, 0.05) is 65.9 Å². The van der Waals surface area contributed by atoms with Gasteiger partial charge in [-0.25, -0.2) is 8.78 Å². The van der Waals surface area contributed by atoms with E-state index in [2.05, 4.69) is 20.3 Å². The molecule has 4 aromatic heterocycles. The van der Waals surface area contributed by atoms with Crippen LogP contribution in [0.2, 0.25) is 0 Å². The predicted octanol–water partition coefficient (Wildman–Crippen LogP) is 6.29. The average molecular weight is 492 g/mol. The van der Waals surface area contributed by atoms with Gasteiger partial charge in [-0.15, -0.1) is 0 Å². The molecule has 0 saturated heterocycles. The fourth-order valence-electron chi connectivity index (χ4n) is 4.97. The number of nitrogens with zero attached hydrogens (tertiary/aromatic N) is 5. The van der Waals surface area contributed by atoms with Crippen LogP contribution in [0, 0.1) is 19.8 Å². The molecule has 186 valence electrons. The molecule has 0 atom stereocenters. The quantitative estimate of drug-likeness (QED) is 0.333. The van der Waals surface area contributed by atoms with Crippen LogP contribution in [0.15, 0.2) is 30.9 Å². The highest BCUT2D eigenvalue weighted by atomic mass is 19.4. The van der Waals surface area contributed by atoms with Crippen LogP contribution >= 0.6 is 0 Å². The van der Waals surface area contributed by atoms with Crippen molar-refractivity contribution >= 4 is 11.0 Å². The van der Waals surface area contributed by atoms with Crippen molar-refractivity contribution in [1.82, 2.24) is 29.5 Å². The van der Waals surface area contributed by atoms with E-state index in [0.29, 0.717) is 36.0 Å². The van der Waals surface area contributed by atoms with E-state index < -0.39 is 18.6 Å². The predicted molar refractivity (Wildman–Crippen MR) is 121 cm³/mol. The second kappa shape index (κ2) is 8.46. The number of halogens is 5. The number of aryl methyl sites for hydroxylation is 2. The highest BCUT2D eigenvalue weighted by molar-refractivity contribution is 5.94. The molecule has 0 unspecified atom stereocenters. The van der Waals surface area contributed by atoms with Crippen molar-refractivity contribution < 1.29 is 22.0 Å². The van der Waals surface area contributed by atoms with E-state index in [1.807, 2.05) is 30.7 Å². The molecule has 35 heavy (non-hydrogen) atoms. The number of hydrogen-bond donors (Lipinski definition) is 1. The zero-order valence-corrected chi connectivity index (χ0v) is 19.3. The van der Waals surface area contributed by atoms with Crippen LogP contribution in [0.25, 0.3) is 33.3 Å². The molecule has 0 aromatic carbocycles. The van der Waals surface area contributed by atoms with Crippen molar-refractivity contribution in [3.8, 4) is 22.3 Å². The maximum atomic E-state index is 13.7. The summed E-state index contributed by atoms with van der Waals surface area (Å²) in [7, 11) is 0. The molecule has 0 aliphatic heterocycles. The lowest BCUT2D eigenvalue weighted by molar-refractivity contribution is -0.142. The Labute approximate surface area is 198 Å². The molecular weight excluding hydrogens is 467 g/mol. The Hall–Kier alpha value is -3.24. The Bertz CT molecular complexity index is 1330. The minimum absolute atomic E-state index is 0.0760. The lowest BCUT2D eigenvalue weighted by Crippen LogP contribution is -2.26. The number of H-pyrrole nitrogens is 1. The lowest BCUT2D eigenvalue weighted by Gasteiger charge is -2.28. The van der Waals surface area contributed by atoms with Gasteiger partial charge in [0.1, 0.15) is 6.54 Å². The normalized spacial score (nSPS) is 16.9. The van der Waals surface area contributed by atoms with Crippen molar-refractivity contribution in [3.05, 3.63) is 42.2 Å². The molecule has 4 aromatic rings. The SMILES string of the molecule is Cc1n[nH]c(C)c1-c1cnc2c(-c3cnn(CC(F)(F)F)c3)cn(CC3CCC(F)(F)CC3)c2c1.